The van der Waals surface area contributed by atoms with Gasteiger partial charge in [-0.1, -0.05) is 91.0 Å². The van der Waals surface area contributed by atoms with Gasteiger partial charge in [-0.2, -0.15) is 0 Å². The maximum absolute atomic E-state index is 11.8. The molecule has 346 valence electrons. The fourth-order valence-corrected chi connectivity index (χ4v) is 5.74. The minimum absolute atomic E-state index is 0. The Kier molecular flexibility index (Phi) is 15.4. The van der Waals surface area contributed by atoms with E-state index in [0.717, 1.165) is 68.1 Å². The van der Waals surface area contributed by atoms with Crippen LogP contribution in [0.5, 0.6) is 0 Å². The zero-order chi connectivity index (χ0) is 45.8. The van der Waals surface area contributed by atoms with Crippen molar-refractivity contribution in [3.63, 3.8) is 0 Å². The Hall–Kier alpha value is -7.79. The second kappa shape index (κ2) is 21.3. The van der Waals surface area contributed by atoms with Crippen LogP contribution in [0, 0.1) is 6.57 Å². The summed E-state index contributed by atoms with van der Waals surface area (Å²) < 4.78 is 15.4. The topological polar surface area (TPSA) is 299 Å². The number of rotatable bonds is 12. The predicted molar refractivity (Wildman–Crippen MR) is 223 cm³/mol. The number of amides is 3. The fraction of sp³-hybridized carbons (Fsp3) is 0.436. The molecule has 66 heavy (non-hydrogen) atoms. The van der Waals surface area contributed by atoms with Crippen LogP contribution in [-0.4, -0.2) is 85.7 Å². The second-order valence-electron chi connectivity index (χ2n) is 15.7. The smallest absolute Gasteiger partial charge is 0.413 e. The first-order valence-electron chi connectivity index (χ1n) is 20.6. The molecule has 10 rings (SSSR count). The van der Waals surface area contributed by atoms with E-state index in [4.69, 9.17) is 26.5 Å². The minimum Gasteiger partial charge on any atom is -0.445 e. The average Bonchev–Trinajstić information content (AvgIpc) is 4.31. The van der Waals surface area contributed by atoms with Gasteiger partial charge in [-0.15, -0.1) is 12.4 Å². The highest BCUT2D eigenvalue weighted by molar-refractivity contribution is 5.85. The number of benzene rings is 3. The van der Waals surface area contributed by atoms with Crippen LogP contribution in [-0.2, 0) is 65.1 Å². The number of nitrogens with two attached hydrogens (primary N) is 1. The first-order valence-corrected chi connectivity index (χ1v) is 20.6. The summed E-state index contributed by atoms with van der Waals surface area (Å²) in [5.41, 5.74) is 6.45. The normalized spacial score (nSPS) is 16.3. The Labute approximate surface area is 383 Å². The summed E-state index contributed by atoms with van der Waals surface area (Å²) in [5.74, 6) is 0. The van der Waals surface area contributed by atoms with Crippen LogP contribution >= 0.6 is 12.4 Å². The number of carbonyl (C=O) groups excluding carboxylic acids is 3. The molecule has 3 aromatic carbocycles. The third kappa shape index (κ3) is 13.6. The summed E-state index contributed by atoms with van der Waals surface area (Å²) in [6.45, 7) is 7.62. The summed E-state index contributed by atoms with van der Waals surface area (Å²) in [6.07, 6.45) is 4.94. The van der Waals surface area contributed by atoms with Gasteiger partial charge in [0.1, 0.15) is 49.6 Å². The lowest BCUT2D eigenvalue weighted by atomic mass is 10.2. The lowest BCUT2D eigenvalue weighted by Crippen LogP contribution is -2.60. The SMILES string of the molecule is C[n+]1nnn(C2(N)CC2)n1.C[n+]1nnn(C2(NC(=O)OCc3ccccc3)CC2)n1.Cl.O=C(NC1([n+]2nnn[nH]2)CC1)OCc1ccccc1.[C-]#[N+]C1(NC(=O)OCc2ccccc2)CC1. The Bertz CT molecular complexity index is 2520. The van der Waals surface area contributed by atoms with E-state index in [-0.39, 0.29) is 37.9 Å². The number of aromatic amines is 1. The van der Waals surface area contributed by atoms with Crippen molar-refractivity contribution in [1.29, 1.82) is 0 Å². The fourth-order valence-electron chi connectivity index (χ4n) is 5.74. The molecule has 6 aromatic rings. The van der Waals surface area contributed by atoms with Crippen LogP contribution in [0.2, 0.25) is 0 Å². The molecule has 4 aliphatic carbocycles. The third-order valence-corrected chi connectivity index (χ3v) is 10.2. The van der Waals surface area contributed by atoms with Gasteiger partial charge in [-0.05, 0) is 36.3 Å². The van der Waals surface area contributed by atoms with Gasteiger partial charge < -0.3 is 14.2 Å². The first kappa shape index (κ1) is 47.7. The van der Waals surface area contributed by atoms with E-state index in [9.17, 15) is 14.4 Å². The molecule has 4 saturated carbocycles. The molecule has 0 atom stereocenters. The largest absolute Gasteiger partial charge is 0.445 e. The number of aromatic nitrogens is 15. The molecular weight excluding hydrogens is 880 g/mol. The molecule has 3 aromatic heterocycles. The number of carbonyl (C=O) groups is 3. The summed E-state index contributed by atoms with van der Waals surface area (Å²) in [6, 6.07) is 28.5. The molecule has 0 spiro atoms. The van der Waals surface area contributed by atoms with Crippen molar-refractivity contribution in [1.82, 2.24) is 77.7 Å². The number of nitrogens with one attached hydrogen (secondary N) is 4. The van der Waals surface area contributed by atoms with Gasteiger partial charge in [-0.25, -0.2) is 26.3 Å². The summed E-state index contributed by atoms with van der Waals surface area (Å²) >= 11 is 0. The summed E-state index contributed by atoms with van der Waals surface area (Å²) in [4.78, 5) is 45.3. The first-order chi connectivity index (χ1) is 31.4. The van der Waals surface area contributed by atoms with Gasteiger partial charge in [0.25, 0.3) is 0 Å². The molecule has 0 radical (unpaired) electrons. The van der Waals surface area contributed by atoms with Crippen molar-refractivity contribution in [2.75, 3.05) is 0 Å². The Morgan fingerprint density at radius 3 is 1.48 bits per heavy atom. The predicted octanol–water partition coefficient (Wildman–Crippen LogP) is 0.378. The third-order valence-electron chi connectivity index (χ3n) is 10.2. The number of hydrogen-bond donors (Lipinski definition) is 5. The van der Waals surface area contributed by atoms with Crippen molar-refractivity contribution >= 4 is 30.7 Å². The Balaban J connectivity index is 0.000000148. The highest BCUT2D eigenvalue weighted by atomic mass is 35.5. The van der Waals surface area contributed by atoms with Gasteiger partial charge in [0.15, 0.2) is 16.1 Å². The highest BCUT2D eigenvalue weighted by Gasteiger charge is 2.56. The molecule has 6 N–H and O–H groups in total. The average molecular weight is 930 g/mol. The number of hydrogen-bond acceptors (Lipinski definition) is 16. The van der Waals surface area contributed by atoms with Crippen LogP contribution in [0.25, 0.3) is 4.85 Å². The van der Waals surface area contributed by atoms with Gasteiger partial charge in [0.05, 0.1) is 23.3 Å². The van der Waals surface area contributed by atoms with E-state index < -0.39 is 35.3 Å². The monoisotopic (exact) mass is 929 g/mol. The highest BCUT2D eigenvalue weighted by Crippen LogP contribution is 2.39. The Morgan fingerprint density at radius 2 is 1.12 bits per heavy atom. The van der Waals surface area contributed by atoms with Gasteiger partial charge in [0.2, 0.25) is 21.8 Å². The number of H-pyrrole nitrogens is 1. The van der Waals surface area contributed by atoms with Gasteiger partial charge in [0, 0.05) is 48.1 Å². The summed E-state index contributed by atoms with van der Waals surface area (Å²) in [7, 11) is 3.39. The molecule has 4 aliphatic rings. The van der Waals surface area contributed by atoms with Crippen LogP contribution in [0.1, 0.15) is 68.1 Å². The van der Waals surface area contributed by atoms with E-state index in [2.05, 4.69) is 72.9 Å². The molecular formula is C39H50ClN20O6+3. The van der Waals surface area contributed by atoms with Crippen LogP contribution < -0.4 is 36.1 Å². The van der Waals surface area contributed by atoms with Gasteiger partial charge >= 0.3 is 23.9 Å². The quantitative estimate of drug-likeness (QED) is 0.0630. The molecule has 0 saturated heterocycles. The van der Waals surface area contributed by atoms with Crippen molar-refractivity contribution in [3.05, 3.63) is 119 Å². The number of ether oxygens (including phenoxy) is 3. The maximum atomic E-state index is 11.8. The van der Waals surface area contributed by atoms with E-state index in [1.165, 1.54) is 24.0 Å². The van der Waals surface area contributed by atoms with Crippen LogP contribution in [0.3, 0.4) is 0 Å². The van der Waals surface area contributed by atoms with Crippen molar-refractivity contribution in [2.45, 2.75) is 93.8 Å². The number of aryl methyl sites for hydroxylation is 2. The van der Waals surface area contributed by atoms with Crippen molar-refractivity contribution in [3.8, 4) is 0 Å². The molecule has 27 heteroatoms. The standard InChI is InChI=1S/C12H14N6O2.C12H12N2O2.C11H12N6O2.C4H9N6.ClH/c1-17-14-15-18(16-17)12(7-8-12)13-11(19)20-9-10-5-3-2-4-6-10;1-13-12(7-8-12)14-11(15)16-9-10-5-3-2-4-6-10;18-10(19-8-9-4-2-1-3-5-9)12-11(6-7-11)17-15-13-14-16-17;1-9-6-7-10(8-9)4(5)2-3-4;/h2-6H,7-9H2,1H3;2-6H,7-9H2,(H,14,15);1-5H,6-8H2,(H,12,18);2-3,5H2,1H3;1H/q;;;+1;/p+2. The maximum Gasteiger partial charge on any atom is 0.413 e. The lowest BCUT2D eigenvalue weighted by molar-refractivity contribution is -0.846. The van der Waals surface area contributed by atoms with Crippen LogP contribution in [0.15, 0.2) is 91.0 Å². The molecule has 0 unspecified atom stereocenters. The Morgan fingerprint density at radius 1 is 0.667 bits per heavy atom. The molecule has 26 nitrogen and oxygen atoms in total. The zero-order valence-corrected chi connectivity index (χ0v) is 36.9. The number of halogens is 1. The molecule has 3 heterocycles. The lowest BCUT2D eigenvalue weighted by Gasteiger charge is -2.12. The molecule has 0 bridgehead atoms. The van der Waals surface area contributed by atoms with Crippen LogP contribution in [0.4, 0.5) is 14.4 Å². The minimum atomic E-state index is -0.673. The molecule has 3 amide bonds. The number of nitrogens with zero attached hydrogens (tertiary/aromatic N) is 15. The zero-order valence-electron chi connectivity index (χ0n) is 36.1. The second-order valence-corrected chi connectivity index (χ2v) is 15.7. The van der Waals surface area contributed by atoms with E-state index in [1.807, 2.05) is 91.0 Å². The summed E-state index contributed by atoms with van der Waals surface area (Å²) in [5, 5.41) is 44.4. The van der Waals surface area contributed by atoms with Gasteiger partial charge in [-0.3, -0.25) is 21.2 Å². The van der Waals surface area contributed by atoms with E-state index in [1.54, 1.807) is 14.1 Å². The molecule has 0 aliphatic heterocycles. The number of alkyl carbamates (subject to hydrolysis) is 3. The van der Waals surface area contributed by atoms with Crippen molar-refractivity contribution in [2.24, 2.45) is 19.8 Å². The van der Waals surface area contributed by atoms with E-state index >= 15 is 0 Å². The van der Waals surface area contributed by atoms with Crippen molar-refractivity contribution < 1.29 is 43.0 Å². The molecule has 4 fully saturated rings. The van der Waals surface area contributed by atoms with E-state index in [0.29, 0.717) is 0 Å².